The molecule has 2 aromatic heterocycles. The summed E-state index contributed by atoms with van der Waals surface area (Å²) < 4.78 is 37.8. The van der Waals surface area contributed by atoms with Crippen LogP contribution in [0.1, 0.15) is 18.8 Å². The molecule has 0 aliphatic heterocycles. The summed E-state index contributed by atoms with van der Waals surface area (Å²) in [7, 11) is 0. The van der Waals surface area contributed by atoms with Gasteiger partial charge in [0.15, 0.2) is 11.5 Å². The predicted molar refractivity (Wildman–Crippen MR) is 55.6 cm³/mol. The molecular weight excluding hydrogens is 249 g/mol. The van der Waals surface area contributed by atoms with Crippen molar-refractivity contribution in [3.8, 4) is 0 Å². The van der Waals surface area contributed by atoms with Crippen LogP contribution in [0.25, 0.3) is 5.65 Å². The second kappa shape index (κ2) is 4.28. The highest BCUT2D eigenvalue weighted by Crippen LogP contribution is 2.18. The Bertz CT molecular complexity index is 578. The number of alkyl halides is 3. The van der Waals surface area contributed by atoms with Gasteiger partial charge in [-0.3, -0.25) is 9.20 Å². The summed E-state index contributed by atoms with van der Waals surface area (Å²) in [5, 5.41) is 9.38. The third-order valence-electron chi connectivity index (χ3n) is 2.33. The fourth-order valence-corrected chi connectivity index (χ4v) is 1.50. The van der Waals surface area contributed by atoms with Crippen molar-refractivity contribution in [2.45, 2.75) is 19.1 Å². The van der Waals surface area contributed by atoms with Crippen molar-refractivity contribution in [3.63, 3.8) is 0 Å². The lowest BCUT2D eigenvalue weighted by molar-refractivity contribution is -0.174. The van der Waals surface area contributed by atoms with Crippen molar-refractivity contribution in [1.29, 1.82) is 0 Å². The molecular formula is C10H9F3N4O. The zero-order valence-corrected chi connectivity index (χ0v) is 9.27. The zero-order valence-electron chi connectivity index (χ0n) is 9.27. The van der Waals surface area contributed by atoms with Gasteiger partial charge < -0.3 is 5.32 Å². The fraction of sp³-hybridized carbons (Fsp3) is 0.300. The van der Waals surface area contributed by atoms with Gasteiger partial charge >= 0.3 is 12.1 Å². The van der Waals surface area contributed by atoms with Crippen LogP contribution in [0, 0.1) is 0 Å². The maximum Gasteiger partial charge on any atom is 0.471 e. The number of pyridine rings is 1. The molecule has 0 fully saturated rings. The molecule has 18 heavy (non-hydrogen) atoms. The van der Waals surface area contributed by atoms with Gasteiger partial charge in [-0.1, -0.05) is 6.07 Å². The first-order valence-electron chi connectivity index (χ1n) is 5.07. The molecule has 0 aromatic carbocycles. The first kappa shape index (κ1) is 12.3. The molecule has 2 rings (SSSR count). The van der Waals surface area contributed by atoms with Crippen LogP contribution in [0.15, 0.2) is 24.4 Å². The van der Waals surface area contributed by atoms with Gasteiger partial charge in [0.25, 0.3) is 0 Å². The number of hydrogen-bond donors (Lipinski definition) is 1. The third kappa shape index (κ3) is 2.27. The van der Waals surface area contributed by atoms with E-state index in [-0.39, 0.29) is 5.82 Å². The Hall–Kier alpha value is -2.12. The molecule has 96 valence electrons. The second-order valence-electron chi connectivity index (χ2n) is 3.68. The van der Waals surface area contributed by atoms with Gasteiger partial charge in [0, 0.05) is 6.20 Å². The topological polar surface area (TPSA) is 59.3 Å². The summed E-state index contributed by atoms with van der Waals surface area (Å²) in [4.78, 5) is 10.8. The number of nitrogens with zero attached hydrogens (tertiary/aromatic N) is 3. The molecule has 1 N–H and O–H groups in total. The second-order valence-corrected chi connectivity index (χ2v) is 3.68. The minimum Gasteiger partial charge on any atom is -0.339 e. The number of carbonyl (C=O) groups excluding carboxylic acids is 1. The number of amides is 1. The number of hydrogen-bond acceptors (Lipinski definition) is 3. The van der Waals surface area contributed by atoms with Crippen LogP contribution in [0.4, 0.5) is 13.2 Å². The number of aromatic nitrogens is 3. The van der Waals surface area contributed by atoms with E-state index in [0.29, 0.717) is 5.65 Å². The quantitative estimate of drug-likeness (QED) is 0.887. The highest BCUT2D eigenvalue weighted by Gasteiger charge is 2.39. The largest absolute Gasteiger partial charge is 0.471 e. The van der Waals surface area contributed by atoms with Crippen LogP contribution in [-0.4, -0.2) is 26.7 Å². The number of carbonyl (C=O) groups is 1. The van der Waals surface area contributed by atoms with E-state index < -0.39 is 18.1 Å². The van der Waals surface area contributed by atoms with E-state index in [2.05, 4.69) is 10.2 Å². The number of rotatable bonds is 2. The molecule has 0 spiro atoms. The highest BCUT2D eigenvalue weighted by atomic mass is 19.4. The SMILES string of the molecule is CC(NC(=O)C(F)(F)F)c1nnc2ccccn12. The predicted octanol–water partition coefficient (Wildman–Crippen LogP) is 1.47. The van der Waals surface area contributed by atoms with Crippen LogP contribution in [0.5, 0.6) is 0 Å². The summed E-state index contributed by atoms with van der Waals surface area (Å²) in [5.74, 6) is -1.76. The van der Waals surface area contributed by atoms with Crippen molar-refractivity contribution in [1.82, 2.24) is 19.9 Å². The smallest absolute Gasteiger partial charge is 0.339 e. The molecule has 2 aromatic rings. The average molecular weight is 258 g/mol. The molecule has 0 saturated heterocycles. The Morgan fingerprint density at radius 3 is 2.78 bits per heavy atom. The van der Waals surface area contributed by atoms with Gasteiger partial charge in [-0.2, -0.15) is 13.2 Å². The Morgan fingerprint density at radius 1 is 1.39 bits per heavy atom. The van der Waals surface area contributed by atoms with Crippen molar-refractivity contribution in [3.05, 3.63) is 30.2 Å². The molecule has 0 bridgehead atoms. The maximum atomic E-state index is 12.1. The summed E-state index contributed by atoms with van der Waals surface area (Å²) >= 11 is 0. The van der Waals surface area contributed by atoms with Gasteiger partial charge in [0.2, 0.25) is 0 Å². The third-order valence-corrected chi connectivity index (χ3v) is 2.33. The lowest BCUT2D eigenvalue weighted by Crippen LogP contribution is -2.38. The highest BCUT2D eigenvalue weighted by molar-refractivity contribution is 5.81. The molecule has 0 saturated carbocycles. The zero-order chi connectivity index (χ0) is 13.3. The van der Waals surface area contributed by atoms with Crippen molar-refractivity contribution in [2.75, 3.05) is 0 Å². The summed E-state index contributed by atoms with van der Waals surface area (Å²) in [6.45, 7) is 1.41. The Morgan fingerprint density at radius 2 is 2.11 bits per heavy atom. The molecule has 0 aliphatic rings. The van der Waals surface area contributed by atoms with Gasteiger partial charge in [0.05, 0.1) is 6.04 Å². The fourth-order valence-electron chi connectivity index (χ4n) is 1.50. The van der Waals surface area contributed by atoms with Gasteiger partial charge in [-0.05, 0) is 19.1 Å². The minimum absolute atomic E-state index is 0.239. The monoisotopic (exact) mass is 258 g/mol. The van der Waals surface area contributed by atoms with E-state index in [1.165, 1.54) is 11.3 Å². The molecule has 5 nitrogen and oxygen atoms in total. The lowest BCUT2D eigenvalue weighted by Gasteiger charge is -2.13. The standard InChI is InChI=1S/C10H9F3N4O/c1-6(14-9(18)10(11,12)13)8-16-15-7-4-2-3-5-17(7)8/h2-6H,1H3,(H,14,18). The molecule has 0 radical (unpaired) electrons. The van der Waals surface area contributed by atoms with E-state index >= 15 is 0 Å². The van der Waals surface area contributed by atoms with E-state index in [1.807, 2.05) is 5.32 Å². The first-order chi connectivity index (χ1) is 8.39. The Kier molecular flexibility index (Phi) is 2.93. The van der Waals surface area contributed by atoms with E-state index in [0.717, 1.165) is 0 Å². The maximum absolute atomic E-state index is 12.1. The van der Waals surface area contributed by atoms with Gasteiger partial charge in [0.1, 0.15) is 0 Å². The Labute approximate surface area is 99.6 Å². The molecule has 1 atom stereocenters. The molecule has 1 amide bonds. The van der Waals surface area contributed by atoms with Crippen molar-refractivity contribution < 1.29 is 18.0 Å². The molecule has 1 unspecified atom stereocenters. The summed E-state index contributed by atoms with van der Waals surface area (Å²) in [6.07, 6.45) is -3.30. The van der Waals surface area contributed by atoms with Crippen molar-refractivity contribution in [2.24, 2.45) is 0 Å². The lowest BCUT2D eigenvalue weighted by atomic mass is 10.3. The van der Waals surface area contributed by atoms with Crippen LogP contribution in [0.3, 0.4) is 0 Å². The van der Waals surface area contributed by atoms with Crippen molar-refractivity contribution >= 4 is 11.6 Å². The van der Waals surface area contributed by atoms with Crippen LogP contribution in [-0.2, 0) is 4.79 Å². The molecule has 0 aliphatic carbocycles. The molecule has 2 heterocycles. The number of fused-ring (bicyclic) bond motifs is 1. The van der Waals surface area contributed by atoms with Gasteiger partial charge in [-0.25, -0.2) is 0 Å². The van der Waals surface area contributed by atoms with Crippen LogP contribution in [0.2, 0.25) is 0 Å². The number of halogens is 3. The Balaban J connectivity index is 2.24. The first-order valence-corrected chi connectivity index (χ1v) is 5.07. The van der Waals surface area contributed by atoms with Crippen LogP contribution >= 0.6 is 0 Å². The van der Waals surface area contributed by atoms with E-state index in [9.17, 15) is 18.0 Å². The van der Waals surface area contributed by atoms with E-state index in [4.69, 9.17) is 0 Å². The summed E-state index contributed by atoms with van der Waals surface area (Å²) in [5.41, 5.74) is 0.501. The van der Waals surface area contributed by atoms with Gasteiger partial charge in [-0.15, -0.1) is 10.2 Å². The number of nitrogens with one attached hydrogen (secondary N) is 1. The normalized spacial score (nSPS) is 13.6. The minimum atomic E-state index is -4.91. The molecule has 8 heteroatoms. The average Bonchev–Trinajstić information content (AvgIpc) is 2.71. The summed E-state index contributed by atoms with van der Waals surface area (Å²) in [6, 6.07) is 4.19. The van der Waals surface area contributed by atoms with Crippen LogP contribution < -0.4 is 5.32 Å². The van der Waals surface area contributed by atoms with E-state index in [1.54, 1.807) is 24.4 Å².